The topological polar surface area (TPSA) is 43.8 Å². The van der Waals surface area contributed by atoms with Gasteiger partial charge in [-0.05, 0) is 58.3 Å². The predicted molar refractivity (Wildman–Crippen MR) is 67.1 cm³/mol. The van der Waals surface area contributed by atoms with Crippen molar-refractivity contribution in [2.45, 2.75) is 38.1 Å². The van der Waals surface area contributed by atoms with Crippen LogP contribution >= 0.6 is 0 Å². The molecule has 2 heterocycles. The van der Waals surface area contributed by atoms with Crippen molar-refractivity contribution in [3.8, 4) is 0 Å². The fourth-order valence-corrected chi connectivity index (χ4v) is 3.20. The molecule has 0 aromatic carbocycles. The smallest absolute Gasteiger partial charge is 0.303 e. The minimum atomic E-state index is -0.641. The molecule has 17 heavy (non-hydrogen) atoms. The van der Waals surface area contributed by atoms with Gasteiger partial charge in [0.15, 0.2) is 0 Å². The number of likely N-dealkylation sites (tertiary alicyclic amines) is 2. The number of carboxylic acids is 1. The third-order valence-corrected chi connectivity index (χ3v) is 4.22. The molecule has 2 saturated heterocycles. The summed E-state index contributed by atoms with van der Waals surface area (Å²) >= 11 is 0. The Kier molecular flexibility index (Phi) is 4.40. The molecule has 4 heteroatoms. The molecule has 98 valence electrons. The van der Waals surface area contributed by atoms with E-state index in [1.54, 1.807) is 0 Å². The molecule has 0 aromatic rings. The second-order valence-electron chi connectivity index (χ2n) is 5.64. The Balaban J connectivity index is 1.81. The summed E-state index contributed by atoms with van der Waals surface area (Å²) in [4.78, 5) is 15.7. The normalized spacial score (nSPS) is 32.5. The highest BCUT2D eigenvalue weighted by atomic mass is 16.4. The van der Waals surface area contributed by atoms with E-state index in [1.165, 1.54) is 32.4 Å². The SMILES string of the molecule is CN1CCCC(N2CCC(CC(=O)O)C2)CC1. The molecule has 2 aliphatic rings. The summed E-state index contributed by atoms with van der Waals surface area (Å²) in [6, 6.07) is 0.693. The zero-order valence-electron chi connectivity index (χ0n) is 10.8. The van der Waals surface area contributed by atoms with Gasteiger partial charge >= 0.3 is 5.97 Å². The zero-order valence-corrected chi connectivity index (χ0v) is 10.8. The number of aliphatic carboxylic acids is 1. The van der Waals surface area contributed by atoms with Crippen LogP contribution in [0.5, 0.6) is 0 Å². The second-order valence-corrected chi connectivity index (χ2v) is 5.64. The lowest BCUT2D eigenvalue weighted by atomic mass is 10.1. The highest BCUT2D eigenvalue weighted by Crippen LogP contribution is 2.25. The summed E-state index contributed by atoms with van der Waals surface area (Å²) < 4.78 is 0. The lowest BCUT2D eigenvalue weighted by molar-refractivity contribution is -0.138. The predicted octanol–water partition coefficient (Wildman–Crippen LogP) is 1.27. The summed E-state index contributed by atoms with van der Waals surface area (Å²) in [6.45, 7) is 4.50. The first kappa shape index (κ1) is 12.8. The Morgan fingerprint density at radius 3 is 2.82 bits per heavy atom. The minimum absolute atomic E-state index is 0.350. The van der Waals surface area contributed by atoms with E-state index in [1.807, 2.05) is 0 Å². The van der Waals surface area contributed by atoms with E-state index in [9.17, 15) is 4.79 Å². The van der Waals surface area contributed by atoms with Crippen molar-refractivity contribution in [2.24, 2.45) is 5.92 Å². The van der Waals surface area contributed by atoms with Crippen molar-refractivity contribution in [1.29, 1.82) is 0 Å². The maximum Gasteiger partial charge on any atom is 0.303 e. The fourth-order valence-electron chi connectivity index (χ4n) is 3.20. The highest BCUT2D eigenvalue weighted by Gasteiger charge is 2.29. The van der Waals surface area contributed by atoms with Gasteiger partial charge in [0.1, 0.15) is 0 Å². The number of hydrogen-bond donors (Lipinski definition) is 1. The number of carbonyl (C=O) groups is 1. The van der Waals surface area contributed by atoms with E-state index >= 15 is 0 Å². The van der Waals surface area contributed by atoms with Gasteiger partial charge in [0.05, 0.1) is 0 Å². The van der Waals surface area contributed by atoms with Gasteiger partial charge in [0.2, 0.25) is 0 Å². The van der Waals surface area contributed by atoms with Gasteiger partial charge in [-0.15, -0.1) is 0 Å². The molecule has 0 radical (unpaired) electrons. The molecule has 0 aliphatic carbocycles. The lowest BCUT2D eigenvalue weighted by Crippen LogP contribution is -2.34. The van der Waals surface area contributed by atoms with Crippen molar-refractivity contribution >= 4 is 5.97 Å². The van der Waals surface area contributed by atoms with E-state index in [0.717, 1.165) is 19.5 Å². The molecule has 0 bridgehead atoms. The van der Waals surface area contributed by atoms with Crippen LogP contribution in [-0.4, -0.2) is 60.1 Å². The maximum absolute atomic E-state index is 10.7. The molecule has 2 fully saturated rings. The maximum atomic E-state index is 10.7. The Morgan fingerprint density at radius 1 is 1.24 bits per heavy atom. The van der Waals surface area contributed by atoms with Crippen molar-refractivity contribution in [2.75, 3.05) is 33.2 Å². The third-order valence-electron chi connectivity index (χ3n) is 4.22. The van der Waals surface area contributed by atoms with Gasteiger partial charge in [0.25, 0.3) is 0 Å². The van der Waals surface area contributed by atoms with E-state index in [-0.39, 0.29) is 0 Å². The molecule has 0 amide bonds. The first-order valence-electron chi connectivity index (χ1n) is 6.79. The lowest BCUT2D eigenvalue weighted by Gasteiger charge is -2.26. The van der Waals surface area contributed by atoms with E-state index in [4.69, 9.17) is 5.11 Å². The molecule has 2 rings (SSSR count). The molecule has 4 nitrogen and oxygen atoms in total. The third kappa shape index (κ3) is 3.68. The van der Waals surface area contributed by atoms with Crippen molar-refractivity contribution in [1.82, 2.24) is 9.80 Å². The second kappa shape index (κ2) is 5.83. The van der Waals surface area contributed by atoms with Crippen LogP contribution in [0, 0.1) is 5.92 Å². The highest BCUT2D eigenvalue weighted by molar-refractivity contribution is 5.67. The molecule has 2 unspecified atom stereocenters. The van der Waals surface area contributed by atoms with Crippen LogP contribution in [0.15, 0.2) is 0 Å². The van der Waals surface area contributed by atoms with E-state index in [0.29, 0.717) is 18.4 Å². The number of hydrogen-bond acceptors (Lipinski definition) is 3. The summed E-state index contributed by atoms with van der Waals surface area (Å²) in [5, 5.41) is 8.83. The van der Waals surface area contributed by atoms with Crippen LogP contribution < -0.4 is 0 Å². The Morgan fingerprint density at radius 2 is 2.06 bits per heavy atom. The largest absolute Gasteiger partial charge is 0.481 e. The summed E-state index contributed by atoms with van der Waals surface area (Å²) in [5.41, 5.74) is 0. The standard InChI is InChI=1S/C13H24N2O2/c1-14-6-2-3-12(5-7-14)15-8-4-11(10-15)9-13(16)17/h11-12H,2-10H2,1H3,(H,16,17). The van der Waals surface area contributed by atoms with Gasteiger partial charge in [-0.2, -0.15) is 0 Å². The minimum Gasteiger partial charge on any atom is -0.481 e. The van der Waals surface area contributed by atoms with E-state index in [2.05, 4.69) is 16.8 Å². The van der Waals surface area contributed by atoms with Gasteiger partial charge in [-0.25, -0.2) is 0 Å². The van der Waals surface area contributed by atoms with Crippen molar-refractivity contribution in [3.63, 3.8) is 0 Å². The fraction of sp³-hybridized carbons (Fsp3) is 0.923. The van der Waals surface area contributed by atoms with Crippen LogP contribution in [0.3, 0.4) is 0 Å². The van der Waals surface area contributed by atoms with E-state index < -0.39 is 5.97 Å². The molecule has 0 spiro atoms. The number of nitrogens with zero attached hydrogens (tertiary/aromatic N) is 2. The monoisotopic (exact) mass is 240 g/mol. The average molecular weight is 240 g/mol. The van der Waals surface area contributed by atoms with Crippen LogP contribution in [0.1, 0.15) is 32.1 Å². The Bertz CT molecular complexity index is 270. The molecule has 0 saturated carbocycles. The molecule has 2 aliphatic heterocycles. The van der Waals surface area contributed by atoms with Gasteiger partial charge in [-0.1, -0.05) is 0 Å². The molecule has 1 N–H and O–H groups in total. The quantitative estimate of drug-likeness (QED) is 0.807. The molecule has 0 aromatic heterocycles. The van der Waals surface area contributed by atoms with Crippen LogP contribution in [0.2, 0.25) is 0 Å². The average Bonchev–Trinajstić information content (AvgIpc) is 2.59. The molecular formula is C13H24N2O2. The summed E-state index contributed by atoms with van der Waals surface area (Å²) in [5.74, 6) is -0.258. The number of rotatable bonds is 3. The van der Waals surface area contributed by atoms with Crippen LogP contribution in [0.4, 0.5) is 0 Å². The van der Waals surface area contributed by atoms with Gasteiger partial charge < -0.3 is 14.9 Å². The first-order valence-corrected chi connectivity index (χ1v) is 6.79. The Hall–Kier alpha value is -0.610. The number of carboxylic acid groups (broad SMARTS) is 1. The molecular weight excluding hydrogens is 216 g/mol. The summed E-state index contributed by atoms with van der Waals surface area (Å²) in [6.07, 6.45) is 5.23. The summed E-state index contributed by atoms with van der Waals surface area (Å²) in [7, 11) is 2.19. The van der Waals surface area contributed by atoms with Gasteiger partial charge in [-0.3, -0.25) is 4.79 Å². The van der Waals surface area contributed by atoms with Crippen molar-refractivity contribution < 1.29 is 9.90 Å². The molecule has 2 atom stereocenters. The zero-order chi connectivity index (χ0) is 12.3. The van der Waals surface area contributed by atoms with Crippen LogP contribution in [-0.2, 0) is 4.79 Å². The van der Waals surface area contributed by atoms with Crippen LogP contribution in [0.25, 0.3) is 0 Å². The van der Waals surface area contributed by atoms with Crippen molar-refractivity contribution in [3.05, 3.63) is 0 Å². The Labute approximate surface area is 104 Å². The van der Waals surface area contributed by atoms with Gasteiger partial charge in [0, 0.05) is 19.0 Å². The first-order chi connectivity index (χ1) is 8.15.